The van der Waals surface area contributed by atoms with Gasteiger partial charge >= 0.3 is 0 Å². The van der Waals surface area contributed by atoms with Crippen LogP contribution in [0, 0.1) is 11.7 Å². The summed E-state index contributed by atoms with van der Waals surface area (Å²) in [4.78, 5) is 5.21. The molecule has 1 aromatic heterocycles. The van der Waals surface area contributed by atoms with Gasteiger partial charge in [0, 0.05) is 57.1 Å². The van der Waals surface area contributed by atoms with Crippen LogP contribution >= 0.6 is 0 Å². The van der Waals surface area contributed by atoms with Gasteiger partial charge in [0.05, 0.1) is 6.20 Å². The highest BCUT2D eigenvalue weighted by Crippen LogP contribution is 2.30. The molecule has 0 saturated carbocycles. The number of hydrogen-bond acceptors (Lipinski definition) is 3. The van der Waals surface area contributed by atoms with Gasteiger partial charge in [-0.2, -0.15) is 5.10 Å². The van der Waals surface area contributed by atoms with Crippen LogP contribution in [0.5, 0.6) is 0 Å². The highest BCUT2D eigenvalue weighted by molar-refractivity contribution is 5.16. The molecular formula is C20H27FN4. The monoisotopic (exact) mass is 342 g/mol. The van der Waals surface area contributed by atoms with E-state index in [1.807, 2.05) is 23.0 Å². The van der Waals surface area contributed by atoms with Crippen LogP contribution in [0.3, 0.4) is 0 Å². The highest BCUT2D eigenvalue weighted by atomic mass is 19.1. The second-order valence-electron chi connectivity index (χ2n) is 7.55. The van der Waals surface area contributed by atoms with Gasteiger partial charge in [-0.05, 0) is 43.4 Å². The Labute approximate surface area is 149 Å². The molecule has 4 nitrogen and oxygen atoms in total. The lowest BCUT2D eigenvalue weighted by atomic mass is 9.95. The van der Waals surface area contributed by atoms with Crippen LogP contribution in [-0.4, -0.2) is 45.3 Å². The van der Waals surface area contributed by atoms with Crippen molar-refractivity contribution >= 4 is 0 Å². The van der Waals surface area contributed by atoms with E-state index >= 15 is 0 Å². The van der Waals surface area contributed by atoms with Gasteiger partial charge in [-0.15, -0.1) is 0 Å². The van der Waals surface area contributed by atoms with Crippen LogP contribution in [0.1, 0.15) is 30.9 Å². The molecule has 5 rings (SSSR count). The maximum Gasteiger partial charge on any atom is 0.123 e. The molecule has 3 saturated heterocycles. The molecule has 0 aliphatic carbocycles. The first kappa shape index (κ1) is 16.7. The Hall–Kier alpha value is -1.72. The molecule has 2 atom stereocenters. The minimum absolute atomic E-state index is 0.154. The summed E-state index contributed by atoms with van der Waals surface area (Å²) in [5, 5.41) is 4.41. The zero-order chi connectivity index (χ0) is 17.2. The van der Waals surface area contributed by atoms with Crippen molar-refractivity contribution in [1.82, 2.24) is 19.6 Å². The van der Waals surface area contributed by atoms with E-state index in [9.17, 15) is 4.39 Å². The van der Waals surface area contributed by atoms with E-state index in [0.717, 1.165) is 38.6 Å². The van der Waals surface area contributed by atoms with Gasteiger partial charge < -0.3 is 0 Å². The lowest BCUT2D eigenvalue weighted by Crippen LogP contribution is -2.43. The summed E-state index contributed by atoms with van der Waals surface area (Å²) < 4.78 is 15.1. The van der Waals surface area contributed by atoms with Crippen LogP contribution in [-0.2, 0) is 19.6 Å². The summed E-state index contributed by atoms with van der Waals surface area (Å²) in [5.41, 5.74) is 2.53. The summed E-state index contributed by atoms with van der Waals surface area (Å²) in [7, 11) is 0. The van der Waals surface area contributed by atoms with E-state index in [1.54, 1.807) is 12.1 Å². The van der Waals surface area contributed by atoms with E-state index in [-0.39, 0.29) is 5.82 Å². The number of benzene rings is 1. The van der Waals surface area contributed by atoms with Gasteiger partial charge in [0.1, 0.15) is 5.82 Å². The molecule has 0 radical (unpaired) electrons. The summed E-state index contributed by atoms with van der Waals surface area (Å²) in [5.74, 6) is 0.582. The molecule has 134 valence electrons. The third kappa shape index (κ3) is 3.93. The molecule has 0 unspecified atom stereocenters. The maximum atomic E-state index is 13.1. The van der Waals surface area contributed by atoms with Crippen LogP contribution in [0.4, 0.5) is 4.39 Å². The summed E-state index contributed by atoms with van der Waals surface area (Å²) >= 11 is 0. The van der Waals surface area contributed by atoms with Crippen molar-refractivity contribution in [3.63, 3.8) is 0 Å². The summed E-state index contributed by atoms with van der Waals surface area (Å²) in [6, 6.07) is 7.58. The largest absolute Gasteiger partial charge is 0.297 e. The second-order valence-corrected chi connectivity index (χ2v) is 7.55. The zero-order valence-electron chi connectivity index (χ0n) is 14.9. The minimum atomic E-state index is -0.154. The number of hydrogen-bond donors (Lipinski definition) is 0. The topological polar surface area (TPSA) is 24.3 Å². The number of fused-ring (bicyclic) bond motifs is 4. The molecule has 0 spiro atoms. The smallest absolute Gasteiger partial charge is 0.123 e. The number of aryl methyl sites for hydroxylation is 1. The van der Waals surface area contributed by atoms with Crippen molar-refractivity contribution in [1.29, 1.82) is 0 Å². The van der Waals surface area contributed by atoms with Crippen LogP contribution in [0.2, 0.25) is 0 Å². The average molecular weight is 342 g/mol. The minimum Gasteiger partial charge on any atom is -0.297 e. The fourth-order valence-corrected chi connectivity index (χ4v) is 4.34. The molecule has 3 aliphatic rings. The van der Waals surface area contributed by atoms with E-state index in [0.29, 0.717) is 6.04 Å². The fourth-order valence-electron chi connectivity index (χ4n) is 4.34. The Morgan fingerprint density at radius 2 is 1.88 bits per heavy atom. The quantitative estimate of drug-likeness (QED) is 0.834. The molecule has 0 amide bonds. The Kier molecular flexibility index (Phi) is 4.86. The summed E-state index contributed by atoms with van der Waals surface area (Å²) in [6.07, 6.45) is 6.80. The molecule has 2 aromatic rings. The SMILES string of the molecule is CCn1cc(CN2C[C@H]3CC[C@@H]2CN(Cc2ccc(F)cc2)C3)cn1. The van der Waals surface area contributed by atoms with E-state index in [4.69, 9.17) is 0 Å². The van der Waals surface area contributed by atoms with Crippen LogP contribution in [0.15, 0.2) is 36.7 Å². The van der Waals surface area contributed by atoms with E-state index in [2.05, 4.69) is 28.0 Å². The number of halogens is 1. The molecule has 5 heteroatoms. The van der Waals surface area contributed by atoms with Gasteiger partial charge in [0.25, 0.3) is 0 Å². The number of piperidine rings is 1. The van der Waals surface area contributed by atoms with Gasteiger partial charge in [0.2, 0.25) is 0 Å². The Balaban J connectivity index is 1.42. The highest BCUT2D eigenvalue weighted by Gasteiger charge is 2.34. The van der Waals surface area contributed by atoms with Crippen molar-refractivity contribution in [2.75, 3.05) is 19.6 Å². The first-order valence-electron chi connectivity index (χ1n) is 9.42. The zero-order valence-corrected chi connectivity index (χ0v) is 14.9. The van der Waals surface area contributed by atoms with Crippen molar-refractivity contribution < 1.29 is 4.39 Å². The second kappa shape index (κ2) is 7.26. The van der Waals surface area contributed by atoms with Crippen LogP contribution < -0.4 is 0 Å². The molecule has 1 aromatic carbocycles. The van der Waals surface area contributed by atoms with Gasteiger partial charge in [-0.3, -0.25) is 14.5 Å². The average Bonchev–Trinajstić information content (AvgIpc) is 2.89. The van der Waals surface area contributed by atoms with E-state index < -0.39 is 0 Å². The van der Waals surface area contributed by atoms with Crippen LogP contribution in [0.25, 0.3) is 0 Å². The molecular weight excluding hydrogens is 315 g/mol. The first-order valence-corrected chi connectivity index (χ1v) is 9.42. The standard InChI is InChI=1S/C20H27FN4/c1-2-25-14-18(9-22-25)13-24-12-17-5-8-20(24)15-23(11-17)10-16-3-6-19(21)7-4-16/h3-4,6-7,9,14,17,20H,2,5,8,10-13,15H2,1H3/t17-,20+/m0/s1. The maximum absolute atomic E-state index is 13.1. The first-order chi connectivity index (χ1) is 12.2. The van der Waals surface area contributed by atoms with Crippen molar-refractivity contribution in [3.05, 3.63) is 53.6 Å². The van der Waals surface area contributed by atoms with E-state index in [1.165, 1.54) is 30.5 Å². The predicted octanol–water partition coefficient (Wildman–Crippen LogP) is 3.14. The Morgan fingerprint density at radius 3 is 2.64 bits per heavy atom. The molecule has 3 aliphatic heterocycles. The molecule has 25 heavy (non-hydrogen) atoms. The molecule has 0 N–H and O–H groups in total. The number of aromatic nitrogens is 2. The number of rotatable bonds is 5. The lowest BCUT2D eigenvalue weighted by Gasteiger charge is -2.35. The third-order valence-corrected chi connectivity index (χ3v) is 5.62. The summed E-state index contributed by atoms with van der Waals surface area (Å²) in [6.45, 7) is 8.42. The normalized spacial score (nSPS) is 24.6. The third-order valence-electron chi connectivity index (χ3n) is 5.62. The van der Waals surface area contributed by atoms with Gasteiger partial charge in [0.15, 0.2) is 0 Å². The fraction of sp³-hybridized carbons (Fsp3) is 0.550. The predicted molar refractivity (Wildman–Crippen MR) is 96.5 cm³/mol. The lowest BCUT2D eigenvalue weighted by molar-refractivity contribution is 0.123. The number of nitrogens with zero attached hydrogens (tertiary/aromatic N) is 4. The molecule has 4 heterocycles. The van der Waals surface area contributed by atoms with Crippen molar-refractivity contribution in [3.8, 4) is 0 Å². The van der Waals surface area contributed by atoms with Gasteiger partial charge in [-0.25, -0.2) is 4.39 Å². The molecule has 2 bridgehead atoms. The molecule has 3 fully saturated rings. The van der Waals surface area contributed by atoms with Gasteiger partial charge in [-0.1, -0.05) is 12.1 Å². The Bertz CT molecular complexity index is 696. The van der Waals surface area contributed by atoms with Crippen molar-refractivity contribution in [2.45, 2.75) is 45.4 Å². The Morgan fingerprint density at radius 1 is 1.04 bits per heavy atom. The van der Waals surface area contributed by atoms with Crippen molar-refractivity contribution in [2.24, 2.45) is 5.92 Å².